The van der Waals surface area contributed by atoms with E-state index < -0.39 is 0 Å². The molecule has 2 rings (SSSR count). The first-order valence-electron chi connectivity index (χ1n) is 5.83. The highest BCUT2D eigenvalue weighted by molar-refractivity contribution is 7.80. The lowest BCUT2D eigenvalue weighted by molar-refractivity contribution is 0.409. The Morgan fingerprint density at radius 3 is 2.89 bits per heavy atom. The number of thiocarbonyl (C=S) groups is 1. The average Bonchev–Trinajstić information content (AvgIpc) is 2.72. The van der Waals surface area contributed by atoms with E-state index in [2.05, 4.69) is 47.9 Å². The van der Waals surface area contributed by atoms with Crippen molar-refractivity contribution in [2.45, 2.75) is 20.8 Å². The first-order chi connectivity index (χ1) is 8.44. The summed E-state index contributed by atoms with van der Waals surface area (Å²) in [5, 5.41) is 8.22. The molecule has 2 N–H and O–H groups in total. The highest BCUT2D eigenvalue weighted by Crippen LogP contribution is 2.21. The molecule has 18 heavy (non-hydrogen) atoms. The summed E-state index contributed by atoms with van der Waals surface area (Å²) in [6.07, 6.45) is 1.87. The van der Waals surface area contributed by atoms with Crippen LogP contribution in [0.4, 0.5) is 5.69 Å². The van der Waals surface area contributed by atoms with E-state index in [-0.39, 0.29) is 5.41 Å². The van der Waals surface area contributed by atoms with Gasteiger partial charge in [0.05, 0.1) is 4.70 Å². The zero-order valence-corrected chi connectivity index (χ0v) is 12.4. The van der Waals surface area contributed by atoms with Gasteiger partial charge in [-0.15, -0.1) is 0 Å². The Balaban J connectivity index is 1.98. The molecule has 0 aliphatic rings. The number of anilines is 1. The van der Waals surface area contributed by atoms with Gasteiger partial charge in [-0.25, -0.2) is 0 Å². The van der Waals surface area contributed by atoms with E-state index >= 15 is 0 Å². The molecule has 1 aromatic carbocycles. The SMILES string of the molecule is CC(C)(C)CNC(=S)Nc1ccc2sncc2c1. The second-order valence-electron chi connectivity index (χ2n) is 5.45. The lowest BCUT2D eigenvalue weighted by Crippen LogP contribution is -2.35. The summed E-state index contributed by atoms with van der Waals surface area (Å²) in [5.41, 5.74) is 1.21. The summed E-state index contributed by atoms with van der Waals surface area (Å²) in [5.74, 6) is 0. The summed E-state index contributed by atoms with van der Waals surface area (Å²) >= 11 is 6.77. The molecule has 0 atom stereocenters. The molecule has 0 spiro atoms. The van der Waals surface area contributed by atoms with Crippen molar-refractivity contribution >= 4 is 44.6 Å². The minimum Gasteiger partial charge on any atom is -0.362 e. The molecular formula is C13H17N3S2. The molecule has 0 radical (unpaired) electrons. The summed E-state index contributed by atoms with van der Waals surface area (Å²) in [7, 11) is 0. The fraction of sp³-hybridized carbons (Fsp3) is 0.385. The average molecular weight is 279 g/mol. The molecule has 0 aliphatic carbocycles. The summed E-state index contributed by atoms with van der Waals surface area (Å²) in [6, 6.07) is 6.14. The Hall–Kier alpha value is -1.20. The van der Waals surface area contributed by atoms with Crippen molar-refractivity contribution in [1.82, 2.24) is 9.69 Å². The number of nitrogens with zero attached hydrogens (tertiary/aromatic N) is 1. The van der Waals surface area contributed by atoms with Crippen LogP contribution in [0, 0.1) is 5.41 Å². The predicted octanol–water partition coefficient (Wildman–Crippen LogP) is 3.63. The second kappa shape index (κ2) is 5.20. The maximum atomic E-state index is 5.27. The van der Waals surface area contributed by atoms with Gasteiger partial charge in [0.1, 0.15) is 0 Å². The molecule has 1 heterocycles. The van der Waals surface area contributed by atoms with Gasteiger partial charge >= 0.3 is 0 Å². The Kier molecular flexibility index (Phi) is 3.82. The van der Waals surface area contributed by atoms with Gasteiger partial charge < -0.3 is 10.6 Å². The third kappa shape index (κ3) is 3.65. The minimum absolute atomic E-state index is 0.215. The summed E-state index contributed by atoms with van der Waals surface area (Å²) in [6.45, 7) is 7.37. The lowest BCUT2D eigenvalue weighted by atomic mass is 9.97. The Morgan fingerprint density at radius 2 is 2.17 bits per heavy atom. The highest BCUT2D eigenvalue weighted by Gasteiger charge is 2.10. The molecule has 0 bridgehead atoms. The number of benzene rings is 1. The number of rotatable bonds is 2. The van der Waals surface area contributed by atoms with Crippen molar-refractivity contribution in [3.63, 3.8) is 0 Å². The molecule has 0 amide bonds. The van der Waals surface area contributed by atoms with Gasteiger partial charge in [0, 0.05) is 23.8 Å². The van der Waals surface area contributed by atoms with E-state index in [0.29, 0.717) is 5.11 Å². The highest BCUT2D eigenvalue weighted by atomic mass is 32.1. The van der Waals surface area contributed by atoms with Crippen LogP contribution in [-0.4, -0.2) is 16.0 Å². The Morgan fingerprint density at radius 1 is 1.39 bits per heavy atom. The van der Waals surface area contributed by atoms with Crippen LogP contribution in [0.15, 0.2) is 24.4 Å². The molecular weight excluding hydrogens is 262 g/mol. The van der Waals surface area contributed by atoms with Gasteiger partial charge in [-0.2, -0.15) is 4.37 Å². The van der Waals surface area contributed by atoms with E-state index in [9.17, 15) is 0 Å². The first-order valence-corrected chi connectivity index (χ1v) is 7.01. The topological polar surface area (TPSA) is 37.0 Å². The summed E-state index contributed by atoms with van der Waals surface area (Å²) < 4.78 is 5.34. The minimum atomic E-state index is 0.215. The molecule has 96 valence electrons. The van der Waals surface area contributed by atoms with E-state index in [1.54, 1.807) is 0 Å². The van der Waals surface area contributed by atoms with Crippen LogP contribution >= 0.6 is 23.8 Å². The largest absolute Gasteiger partial charge is 0.362 e. The third-order valence-electron chi connectivity index (χ3n) is 2.39. The van der Waals surface area contributed by atoms with Crippen molar-refractivity contribution in [2.24, 2.45) is 5.41 Å². The van der Waals surface area contributed by atoms with E-state index in [1.807, 2.05) is 12.3 Å². The quantitative estimate of drug-likeness (QED) is 0.823. The molecule has 0 aliphatic heterocycles. The predicted molar refractivity (Wildman–Crippen MR) is 83.3 cm³/mol. The Bertz CT molecular complexity index is 555. The van der Waals surface area contributed by atoms with Crippen molar-refractivity contribution in [3.8, 4) is 0 Å². The number of hydrogen-bond donors (Lipinski definition) is 2. The number of fused-ring (bicyclic) bond motifs is 1. The fourth-order valence-electron chi connectivity index (χ4n) is 1.47. The molecule has 0 unspecified atom stereocenters. The second-order valence-corrected chi connectivity index (χ2v) is 6.69. The van der Waals surface area contributed by atoms with Crippen LogP contribution in [0.25, 0.3) is 10.1 Å². The smallest absolute Gasteiger partial charge is 0.170 e. The number of hydrogen-bond acceptors (Lipinski definition) is 3. The molecule has 5 heteroatoms. The van der Waals surface area contributed by atoms with Gasteiger partial charge in [0.15, 0.2) is 5.11 Å². The molecule has 2 aromatic rings. The maximum Gasteiger partial charge on any atom is 0.170 e. The van der Waals surface area contributed by atoms with Crippen molar-refractivity contribution in [1.29, 1.82) is 0 Å². The van der Waals surface area contributed by atoms with E-state index in [4.69, 9.17) is 12.2 Å². The van der Waals surface area contributed by atoms with E-state index in [0.717, 1.165) is 17.6 Å². The van der Waals surface area contributed by atoms with Crippen LogP contribution in [0.2, 0.25) is 0 Å². The Labute approximate surface area is 117 Å². The van der Waals surface area contributed by atoms with Gasteiger partial charge in [-0.05, 0) is 47.4 Å². The summed E-state index contributed by atoms with van der Waals surface area (Å²) in [4.78, 5) is 0. The standard InChI is InChI=1S/C13H17N3S2/c1-13(2,3)8-14-12(17)16-10-4-5-11-9(6-10)7-15-18-11/h4-7H,8H2,1-3H3,(H2,14,16,17). The maximum absolute atomic E-state index is 5.27. The van der Waals surface area contributed by atoms with Gasteiger partial charge in [0.2, 0.25) is 0 Å². The third-order valence-corrected chi connectivity index (χ3v) is 3.42. The normalized spacial score (nSPS) is 11.5. The van der Waals surface area contributed by atoms with Crippen molar-refractivity contribution in [3.05, 3.63) is 24.4 Å². The molecule has 3 nitrogen and oxygen atoms in total. The lowest BCUT2D eigenvalue weighted by Gasteiger charge is -2.20. The van der Waals surface area contributed by atoms with Crippen LogP contribution in [0.5, 0.6) is 0 Å². The van der Waals surface area contributed by atoms with E-state index in [1.165, 1.54) is 16.2 Å². The molecule has 0 saturated carbocycles. The van der Waals surface area contributed by atoms with Gasteiger partial charge in [-0.1, -0.05) is 20.8 Å². The first kappa shape index (κ1) is 13.2. The van der Waals surface area contributed by atoms with Crippen molar-refractivity contribution in [2.75, 3.05) is 11.9 Å². The molecule has 0 saturated heterocycles. The van der Waals surface area contributed by atoms with Crippen LogP contribution in [0.1, 0.15) is 20.8 Å². The van der Waals surface area contributed by atoms with Crippen LogP contribution in [-0.2, 0) is 0 Å². The molecule has 0 fully saturated rings. The number of aromatic nitrogens is 1. The number of nitrogens with one attached hydrogen (secondary N) is 2. The van der Waals surface area contributed by atoms with Crippen LogP contribution < -0.4 is 10.6 Å². The zero-order chi connectivity index (χ0) is 13.2. The van der Waals surface area contributed by atoms with Crippen LogP contribution in [0.3, 0.4) is 0 Å². The fourth-order valence-corrected chi connectivity index (χ4v) is 2.29. The van der Waals surface area contributed by atoms with Gasteiger partial charge in [-0.3, -0.25) is 0 Å². The van der Waals surface area contributed by atoms with Crippen molar-refractivity contribution < 1.29 is 0 Å². The monoisotopic (exact) mass is 279 g/mol. The molecule has 1 aromatic heterocycles. The van der Waals surface area contributed by atoms with Gasteiger partial charge in [0.25, 0.3) is 0 Å². The zero-order valence-electron chi connectivity index (χ0n) is 10.8.